The fourth-order valence-corrected chi connectivity index (χ4v) is 8.34. The van der Waals surface area contributed by atoms with Gasteiger partial charge in [-0.15, -0.1) is 11.3 Å². The Morgan fingerprint density at radius 1 is 0.792 bits per heavy atom. The highest BCUT2D eigenvalue weighted by Gasteiger charge is 2.40. The first-order valence-corrected chi connectivity index (χ1v) is 18.8. The van der Waals surface area contributed by atoms with Gasteiger partial charge in [0.15, 0.2) is 5.75 Å². The number of phenols is 1. The van der Waals surface area contributed by atoms with Crippen molar-refractivity contribution in [2.24, 2.45) is 0 Å². The molecule has 272 valence electrons. The minimum Gasteiger partial charge on any atom is -0.508 e. The van der Waals surface area contributed by atoms with Crippen molar-refractivity contribution in [3.05, 3.63) is 102 Å². The van der Waals surface area contributed by atoms with Crippen LogP contribution in [0.2, 0.25) is 0 Å². The number of nitrogens with one attached hydrogen (secondary N) is 1. The van der Waals surface area contributed by atoms with E-state index in [1.807, 2.05) is 60.7 Å². The number of hydrogen-bond donors (Lipinski definition) is 2. The molecule has 3 amide bonds. The molecule has 8 rings (SSSR count). The Bertz CT molecular complexity index is 2130. The summed E-state index contributed by atoms with van der Waals surface area (Å²) in [6, 6.07) is 28.0. The molecule has 0 radical (unpaired) electrons. The number of nitrogens with zero attached hydrogens (tertiary/aromatic N) is 3. The normalized spacial score (nSPS) is 17.9. The molecule has 4 heterocycles. The van der Waals surface area contributed by atoms with Gasteiger partial charge in [0.05, 0.1) is 11.4 Å². The number of carbonyl (C=O) groups is 3. The third-order valence-electron chi connectivity index (χ3n) is 10.1. The maximum atomic E-state index is 13.1. The molecule has 0 spiro atoms. The highest BCUT2D eigenvalue weighted by molar-refractivity contribution is 7.22. The van der Waals surface area contributed by atoms with Gasteiger partial charge in [-0.2, -0.15) is 0 Å². The van der Waals surface area contributed by atoms with Crippen molar-refractivity contribution >= 4 is 39.1 Å². The zero-order chi connectivity index (χ0) is 36.3. The van der Waals surface area contributed by atoms with Crippen LogP contribution in [0.25, 0.3) is 20.5 Å². The van der Waals surface area contributed by atoms with Gasteiger partial charge in [-0.25, -0.2) is 0 Å². The largest absolute Gasteiger partial charge is 0.508 e. The van der Waals surface area contributed by atoms with E-state index in [4.69, 9.17) is 14.2 Å². The molecular formula is C41H40N4O7S. The summed E-state index contributed by atoms with van der Waals surface area (Å²) in [4.78, 5) is 44.5. The number of ether oxygens (including phenoxy) is 3. The molecule has 4 aromatic carbocycles. The van der Waals surface area contributed by atoms with Crippen LogP contribution in [-0.4, -0.2) is 96.1 Å². The van der Waals surface area contributed by atoms with Gasteiger partial charge in [-0.05, 0) is 66.6 Å². The third kappa shape index (κ3) is 7.57. The first-order chi connectivity index (χ1) is 25.9. The second-order valence-electron chi connectivity index (χ2n) is 13.4. The number of amides is 3. The van der Waals surface area contributed by atoms with Crippen LogP contribution in [0.15, 0.2) is 91.0 Å². The summed E-state index contributed by atoms with van der Waals surface area (Å²) in [6.45, 7) is 6.67. The van der Waals surface area contributed by atoms with Crippen molar-refractivity contribution in [3.63, 3.8) is 0 Å². The lowest BCUT2D eigenvalue weighted by Gasteiger charge is -2.34. The van der Waals surface area contributed by atoms with Crippen molar-refractivity contribution < 1.29 is 33.7 Å². The van der Waals surface area contributed by atoms with Crippen LogP contribution < -0.4 is 19.5 Å². The highest BCUT2D eigenvalue weighted by atomic mass is 32.1. The Labute approximate surface area is 311 Å². The number of piperazine rings is 1. The summed E-state index contributed by atoms with van der Waals surface area (Å²) in [6.07, 6.45) is 0.560. The van der Waals surface area contributed by atoms with Gasteiger partial charge < -0.3 is 24.2 Å². The lowest BCUT2D eigenvalue weighted by Crippen LogP contribution is -2.52. The van der Waals surface area contributed by atoms with Crippen LogP contribution in [0.3, 0.4) is 0 Å². The molecule has 2 fully saturated rings. The van der Waals surface area contributed by atoms with Gasteiger partial charge in [0.1, 0.15) is 42.3 Å². The minimum atomic E-state index is -0.646. The molecule has 5 aromatic rings. The van der Waals surface area contributed by atoms with E-state index in [2.05, 4.69) is 27.2 Å². The van der Waals surface area contributed by atoms with E-state index in [1.165, 1.54) is 0 Å². The Kier molecular flexibility index (Phi) is 9.98. The molecule has 0 bridgehead atoms. The first-order valence-electron chi connectivity index (χ1n) is 18.0. The van der Waals surface area contributed by atoms with Gasteiger partial charge in [0, 0.05) is 66.9 Å². The van der Waals surface area contributed by atoms with Crippen LogP contribution in [0.1, 0.15) is 28.8 Å². The summed E-state index contributed by atoms with van der Waals surface area (Å²) in [5, 5.41) is 13.4. The Morgan fingerprint density at radius 3 is 2.25 bits per heavy atom. The van der Waals surface area contributed by atoms with E-state index in [9.17, 15) is 19.5 Å². The summed E-state index contributed by atoms with van der Waals surface area (Å²) >= 11 is 1.60. The second-order valence-corrected chi connectivity index (χ2v) is 14.5. The molecule has 11 nitrogen and oxygen atoms in total. The number of carbonyl (C=O) groups excluding carboxylic acids is 3. The highest BCUT2D eigenvalue weighted by Crippen LogP contribution is 2.47. The van der Waals surface area contributed by atoms with Crippen LogP contribution in [0.5, 0.6) is 28.7 Å². The molecule has 0 saturated carbocycles. The van der Waals surface area contributed by atoms with Crippen LogP contribution >= 0.6 is 11.3 Å². The number of hydrogen-bond acceptors (Lipinski definition) is 10. The maximum Gasteiger partial charge on any atom is 0.255 e. The third-order valence-corrected chi connectivity index (χ3v) is 11.2. The van der Waals surface area contributed by atoms with E-state index in [1.54, 1.807) is 34.4 Å². The van der Waals surface area contributed by atoms with Crippen molar-refractivity contribution in [2.75, 3.05) is 52.5 Å². The van der Waals surface area contributed by atoms with Crippen molar-refractivity contribution in [1.29, 1.82) is 0 Å². The van der Waals surface area contributed by atoms with Crippen LogP contribution in [0, 0.1) is 0 Å². The van der Waals surface area contributed by atoms with Crippen LogP contribution in [0.4, 0.5) is 0 Å². The van der Waals surface area contributed by atoms with E-state index in [0.29, 0.717) is 43.2 Å². The fraction of sp³-hybridized carbons (Fsp3) is 0.293. The summed E-state index contributed by atoms with van der Waals surface area (Å²) in [5.74, 6) is 2.25. The standard InChI is InChI=1S/C41H40N4O7S/c46-28-9-14-32-36(25-28)53-39(27-5-2-1-3-6-27)38(32)52-30-12-10-29(11-13-30)50-23-21-43-17-19-44(20-18-43)22-24-51-35-8-4-7-31-33(35)26-45(41(31)49)34-15-16-37(47)42-40(34)48/h1-14,25,34,46H,15-24,26H2,(H,42,47,48). The number of rotatable bonds is 12. The fourth-order valence-electron chi connectivity index (χ4n) is 7.17. The maximum absolute atomic E-state index is 13.1. The van der Waals surface area contributed by atoms with Crippen molar-refractivity contribution in [1.82, 2.24) is 20.0 Å². The van der Waals surface area contributed by atoms with Gasteiger partial charge in [0.2, 0.25) is 11.8 Å². The minimum absolute atomic E-state index is 0.199. The quantitative estimate of drug-likeness (QED) is 0.151. The average Bonchev–Trinajstić information content (AvgIpc) is 3.70. The number of aromatic hydroxyl groups is 1. The average molecular weight is 733 g/mol. The Hall–Kier alpha value is -5.43. The predicted molar refractivity (Wildman–Crippen MR) is 202 cm³/mol. The van der Waals surface area contributed by atoms with Gasteiger partial charge in [-0.3, -0.25) is 29.5 Å². The second kappa shape index (κ2) is 15.3. The number of thiophene rings is 1. The molecule has 3 aliphatic rings. The van der Waals surface area contributed by atoms with E-state index < -0.39 is 11.9 Å². The van der Waals surface area contributed by atoms with E-state index in [-0.39, 0.29) is 24.0 Å². The van der Waals surface area contributed by atoms with Gasteiger partial charge in [0.25, 0.3) is 5.91 Å². The molecule has 2 N–H and O–H groups in total. The predicted octanol–water partition coefficient (Wildman–Crippen LogP) is 5.90. The number of benzene rings is 4. The van der Waals surface area contributed by atoms with Gasteiger partial charge in [-0.1, -0.05) is 36.4 Å². The van der Waals surface area contributed by atoms with Crippen molar-refractivity contribution in [3.8, 4) is 39.2 Å². The van der Waals surface area contributed by atoms with Crippen LogP contribution in [-0.2, 0) is 16.1 Å². The number of piperidine rings is 1. The Morgan fingerprint density at radius 2 is 1.51 bits per heavy atom. The lowest BCUT2D eigenvalue weighted by atomic mass is 10.0. The first kappa shape index (κ1) is 34.6. The molecule has 1 atom stereocenters. The molecule has 12 heteroatoms. The molecule has 2 saturated heterocycles. The summed E-state index contributed by atoms with van der Waals surface area (Å²) in [7, 11) is 0. The summed E-state index contributed by atoms with van der Waals surface area (Å²) < 4.78 is 19.7. The number of imide groups is 1. The number of phenolic OH excluding ortho intramolecular Hbond substituents is 1. The van der Waals surface area contributed by atoms with E-state index >= 15 is 0 Å². The SMILES string of the molecule is O=C1CCC(N2Cc3c(OCCN4CCN(CCOc5ccc(Oc6c(-c7ccccc7)sc7cc(O)ccc67)cc5)CC4)cccc3C2=O)C(=O)N1. The molecule has 0 aliphatic carbocycles. The van der Waals surface area contributed by atoms with E-state index in [0.717, 1.165) is 76.9 Å². The van der Waals surface area contributed by atoms with Gasteiger partial charge >= 0.3 is 0 Å². The molecule has 1 aromatic heterocycles. The zero-order valence-electron chi connectivity index (χ0n) is 29.2. The smallest absolute Gasteiger partial charge is 0.255 e. The number of fused-ring (bicyclic) bond motifs is 2. The monoisotopic (exact) mass is 732 g/mol. The molecule has 3 aliphatic heterocycles. The zero-order valence-corrected chi connectivity index (χ0v) is 30.0. The topological polar surface area (TPSA) is 121 Å². The van der Waals surface area contributed by atoms with Crippen molar-refractivity contribution in [2.45, 2.75) is 25.4 Å². The Balaban J connectivity index is 0.780. The molecular weight excluding hydrogens is 693 g/mol. The molecule has 53 heavy (non-hydrogen) atoms. The summed E-state index contributed by atoms with van der Waals surface area (Å²) in [5.41, 5.74) is 2.41. The molecule has 1 unspecified atom stereocenters. The lowest BCUT2D eigenvalue weighted by molar-refractivity contribution is -0.136.